The maximum Gasteiger partial charge on any atom is 0.252 e. The van der Waals surface area contributed by atoms with E-state index in [1.54, 1.807) is 18.2 Å². The normalized spacial score (nSPS) is 10.4. The summed E-state index contributed by atoms with van der Waals surface area (Å²) < 4.78 is 6.16. The topological polar surface area (TPSA) is 38.3 Å². The molecule has 1 N–H and O–H groups in total. The maximum atomic E-state index is 11.8. The molecule has 0 radical (unpaired) electrons. The summed E-state index contributed by atoms with van der Waals surface area (Å²) in [6.07, 6.45) is 1.82. The quantitative estimate of drug-likeness (QED) is 0.773. The number of carbonyl (C=O) groups excluding carboxylic acids is 1. The van der Waals surface area contributed by atoms with Crippen LogP contribution in [0.2, 0.25) is 5.02 Å². The van der Waals surface area contributed by atoms with E-state index in [4.69, 9.17) is 16.3 Å². The Hall–Kier alpha value is -0.580. The molecule has 1 aromatic carbocycles. The zero-order chi connectivity index (χ0) is 13.4. The molecule has 0 aromatic heterocycles. The Morgan fingerprint density at radius 1 is 1.44 bits per heavy atom. The molecule has 0 aliphatic heterocycles. The number of rotatable bonds is 7. The van der Waals surface area contributed by atoms with Gasteiger partial charge >= 0.3 is 0 Å². The van der Waals surface area contributed by atoms with Crippen molar-refractivity contribution in [2.24, 2.45) is 0 Å². The number of hydrogen-bond donors (Lipinski definition) is 1. The van der Waals surface area contributed by atoms with Crippen molar-refractivity contribution in [2.45, 2.75) is 19.8 Å². The molecule has 0 unspecified atom stereocenters. The molecule has 0 spiro atoms. The maximum absolute atomic E-state index is 11.8. The molecule has 100 valence electrons. The van der Waals surface area contributed by atoms with E-state index >= 15 is 0 Å². The summed E-state index contributed by atoms with van der Waals surface area (Å²) in [6.45, 7) is 4.09. The summed E-state index contributed by atoms with van der Waals surface area (Å²) in [5, 5.41) is 3.28. The molecule has 0 atom stereocenters. The molecule has 0 bridgehead atoms. The van der Waals surface area contributed by atoms with Gasteiger partial charge in [-0.3, -0.25) is 4.79 Å². The van der Waals surface area contributed by atoms with Gasteiger partial charge < -0.3 is 10.1 Å². The van der Waals surface area contributed by atoms with Crippen LogP contribution in [-0.4, -0.2) is 25.7 Å². The first-order valence-corrected chi connectivity index (χ1v) is 7.13. The summed E-state index contributed by atoms with van der Waals surface area (Å²) in [4.78, 5) is 11.8. The van der Waals surface area contributed by atoms with E-state index in [1.807, 2.05) is 0 Å². The van der Waals surface area contributed by atoms with Crippen LogP contribution < -0.4 is 5.32 Å². The highest BCUT2D eigenvalue weighted by Gasteiger charge is 2.09. The van der Waals surface area contributed by atoms with Gasteiger partial charge in [0.15, 0.2) is 0 Å². The molecule has 3 nitrogen and oxygen atoms in total. The van der Waals surface area contributed by atoms with Crippen LogP contribution in [0.5, 0.6) is 0 Å². The lowest BCUT2D eigenvalue weighted by atomic mass is 10.2. The van der Waals surface area contributed by atoms with Crippen LogP contribution in [0.15, 0.2) is 22.7 Å². The van der Waals surface area contributed by atoms with Crippen LogP contribution in [0.4, 0.5) is 0 Å². The second-order valence-electron chi connectivity index (χ2n) is 3.85. The largest absolute Gasteiger partial charge is 0.381 e. The van der Waals surface area contributed by atoms with Crippen molar-refractivity contribution in [3.8, 4) is 0 Å². The predicted molar refractivity (Wildman–Crippen MR) is 77.2 cm³/mol. The molecule has 0 aliphatic carbocycles. The van der Waals surface area contributed by atoms with Crippen LogP contribution in [0.25, 0.3) is 0 Å². The van der Waals surface area contributed by atoms with Crippen molar-refractivity contribution in [3.63, 3.8) is 0 Å². The van der Waals surface area contributed by atoms with Crippen molar-refractivity contribution < 1.29 is 9.53 Å². The third kappa shape index (κ3) is 5.38. The smallest absolute Gasteiger partial charge is 0.252 e. The number of nitrogens with one attached hydrogen (secondary N) is 1. The molecule has 0 saturated carbocycles. The lowest BCUT2D eigenvalue weighted by molar-refractivity contribution is 0.0941. The summed E-state index contributed by atoms with van der Waals surface area (Å²) in [6, 6.07) is 5.22. The Balaban J connectivity index is 2.34. The number of hydrogen-bond acceptors (Lipinski definition) is 2. The minimum absolute atomic E-state index is 0.156. The molecule has 18 heavy (non-hydrogen) atoms. The van der Waals surface area contributed by atoms with E-state index in [1.165, 1.54) is 0 Å². The van der Waals surface area contributed by atoms with Crippen LogP contribution in [0.1, 0.15) is 30.1 Å². The molecular formula is C13H17BrClNO2. The van der Waals surface area contributed by atoms with E-state index in [9.17, 15) is 4.79 Å². The second kappa shape index (κ2) is 8.51. The van der Waals surface area contributed by atoms with Crippen molar-refractivity contribution in [1.29, 1.82) is 0 Å². The molecule has 1 amide bonds. The Kier molecular flexibility index (Phi) is 7.32. The van der Waals surface area contributed by atoms with Crippen molar-refractivity contribution in [3.05, 3.63) is 33.3 Å². The molecule has 1 aromatic rings. The summed E-state index contributed by atoms with van der Waals surface area (Å²) in [5.41, 5.74) is 0.487. The monoisotopic (exact) mass is 333 g/mol. The highest BCUT2D eigenvalue weighted by atomic mass is 79.9. The third-order valence-corrected chi connectivity index (χ3v) is 3.10. The zero-order valence-electron chi connectivity index (χ0n) is 10.3. The highest BCUT2D eigenvalue weighted by Crippen LogP contribution is 2.20. The van der Waals surface area contributed by atoms with Crippen LogP contribution in [0, 0.1) is 0 Å². The van der Waals surface area contributed by atoms with Gasteiger partial charge in [-0.2, -0.15) is 0 Å². The van der Waals surface area contributed by atoms with Crippen LogP contribution >= 0.6 is 27.5 Å². The molecule has 0 saturated heterocycles. The molecule has 0 fully saturated rings. The summed E-state index contributed by atoms with van der Waals surface area (Å²) >= 11 is 9.28. The number of amides is 1. The average molecular weight is 335 g/mol. The Morgan fingerprint density at radius 2 is 2.22 bits per heavy atom. The SMILES string of the molecule is CCCOCCCNC(=O)c1cc(Br)ccc1Cl. The van der Waals surface area contributed by atoms with E-state index < -0.39 is 0 Å². The number of carbonyl (C=O) groups is 1. The number of benzene rings is 1. The van der Waals surface area contributed by atoms with Gasteiger partial charge in [0.25, 0.3) is 5.91 Å². The fraction of sp³-hybridized carbons (Fsp3) is 0.462. The first-order valence-electron chi connectivity index (χ1n) is 5.96. The number of ether oxygens (including phenoxy) is 1. The van der Waals surface area contributed by atoms with E-state index in [-0.39, 0.29) is 5.91 Å². The van der Waals surface area contributed by atoms with Gasteiger partial charge in [-0.05, 0) is 31.0 Å². The number of halogens is 2. The van der Waals surface area contributed by atoms with Crippen LogP contribution in [0.3, 0.4) is 0 Å². The molecular weight excluding hydrogens is 318 g/mol. The average Bonchev–Trinajstić information content (AvgIpc) is 2.36. The molecule has 0 heterocycles. The standard InChI is InChI=1S/C13H17BrClNO2/c1-2-7-18-8-3-6-16-13(17)11-9-10(14)4-5-12(11)15/h4-5,9H,2-3,6-8H2,1H3,(H,16,17). The van der Waals surface area contributed by atoms with Gasteiger partial charge in [-0.1, -0.05) is 34.5 Å². The van der Waals surface area contributed by atoms with Crippen molar-refractivity contribution in [1.82, 2.24) is 5.32 Å². The lowest BCUT2D eigenvalue weighted by Gasteiger charge is -2.07. The molecule has 5 heteroatoms. The van der Waals surface area contributed by atoms with Gasteiger partial charge in [0.2, 0.25) is 0 Å². The van der Waals surface area contributed by atoms with Crippen molar-refractivity contribution in [2.75, 3.05) is 19.8 Å². The van der Waals surface area contributed by atoms with Gasteiger partial charge in [-0.25, -0.2) is 0 Å². The van der Waals surface area contributed by atoms with Gasteiger partial charge in [0, 0.05) is 24.2 Å². The summed E-state index contributed by atoms with van der Waals surface area (Å²) in [5.74, 6) is -0.156. The van der Waals surface area contributed by atoms with Gasteiger partial charge in [0.1, 0.15) is 0 Å². The van der Waals surface area contributed by atoms with Crippen molar-refractivity contribution >= 4 is 33.4 Å². The van der Waals surface area contributed by atoms with E-state index in [0.29, 0.717) is 23.7 Å². The molecule has 1 rings (SSSR count). The second-order valence-corrected chi connectivity index (χ2v) is 5.17. The third-order valence-electron chi connectivity index (χ3n) is 2.27. The zero-order valence-corrected chi connectivity index (χ0v) is 12.7. The first kappa shape index (κ1) is 15.5. The summed E-state index contributed by atoms with van der Waals surface area (Å²) in [7, 11) is 0. The van der Waals surface area contributed by atoms with Gasteiger partial charge in [0.05, 0.1) is 10.6 Å². The Labute approximate surface area is 121 Å². The first-order chi connectivity index (χ1) is 8.65. The fourth-order valence-electron chi connectivity index (χ4n) is 1.39. The Bertz CT molecular complexity index is 399. The van der Waals surface area contributed by atoms with E-state index in [0.717, 1.165) is 23.9 Å². The Morgan fingerprint density at radius 3 is 2.94 bits per heavy atom. The molecule has 0 aliphatic rings. The highest BCUT2D eigenvalue weighted by molar-refractivity contribution is 9.10. The minimum atomic E-state index is -0.156. The minimum Gasteiger partial charge on any atom is -0.381 e. The predicted octanol–water partition coefficient (Wildman–Crippen LogP) is 3.65. The van der Waals surface area contributed by atoms with Crippen LogP contribution in [-0.2, 0) is 4.74 Å². The van der Waals surface area contributed by atoms with Gasteiger partial charge in [-0.15, -0.1) is 0 Å². The lowest BCUT2D eigenvalue weighted by Crippen LogP contribution is -2.25. The van der Waals surface area contributed by atoms with E-state index in [2.05, 4.69) is 28.2 Å². The fourth-order valence-corrected chi connectivity index (χ4v) is 1.95.